The van der Waals surface area contributed by atoms with Gasteiger partial charge in [0.05, 0.1) is 0 Å². The molecule has 0 saturated carbocycles. The van der Waals surface area contributed by atoms with E-state index < -0.39 is 11.6 Å². The number of nitrogens with zero attached hydrogens (tertiary/aromatic N) is 2. The van der Waals surface area contributed by atoms with Gasteiger partial charge >= 0.3 is 0 Å². The van der Waals surface area contributed by atoms with Gasteiger partial charge in [-0.25, -0.2) is 13.8 Å². The molecule has 0 heterocycles. The number of aliphatic imine (C=N–C) groups is 1. The van der Waals surface area contributed by atoms with Gasteiger partial charge in [0, 0.05) is 33.3 Å². The Kier molecular flexibility index (Phi) is 7.28. The van der Waals surface area contributed by atoms with Crippen molar-refractivity contribution in [3.8, 4) is 0 Å². The van der Waals surface area contributed by atoms with Gasteiger partial charge in [-0.1, -0.05) is 0 Å². The Labute approximate surface area is 129 Å². The van der Waals surface area contributed by atoms with Gasteiger partial charge in [0.25, 0.3) is 0 Å². The van der Waals surface area contributed by atoms with Crippen molar-refractivity contribution >= 4 is 11.9 Å². The summed E-state index contributed by atoms with van der Waals surface area (Å²) >= 11 is 0. The van der Waals surface area contributed by atoms with Crippen molar-refractivity contribution in [1.29, 1.82) is 0 Å². The predicted octanol–water partition coefficient (Wildman–Crippen LogP) is 1.15. The third-order valence-electron chi connectivity index (χ3n) is 2.84. The van der Waals surface area contributed by atoms with E-state index in [-0.39, 0.29) is 12.5 Å². The van der Waals surface area contributed by atoms with Gasteiger partial charge in [-0.2, -0.15) is 0 Å². The normalized spacial score (nSPS) is 11.2. The van der Waals surface area contributed by atoms with E-state index in [4.69, 9.17) is 0 Å². The molecule has 0 radical (unpaired) electrons. The molecular weight excluding hydrogens is 290 g/mol. The number of hydrogen-bond donors (Lipinski definition) is 2. The van der Waals surface area contributed by atoms with E-state index in [9.17, 15) is 13.6 Å². The fraction of sp³-hybridized carbons (Fsp3) is 0.467. The molecule has 7 heteroatoms. The second-order valence-corrected chi connectivity index (χ2v) is 4.94. The number of carbonyl (C=O) groups is 1. The summed E-state index contributed by atoms with van der Waals surface area (Å²) in [5.74, 6) is -0.793. The summed E-state index contributed by atoms with van der Waals surface area (Å²) in [7, 11) is 3.33. The average molecular weight is 312 g/mol. The lowest BCUT2D eigenvalue weighted by molar-refractivity contribution is -0.127. The van der Waals surface area contributed by atoms with Gasteiger partial charge < -0.3 is 15.5 Å². The van der Waals surface area contributed by atoms with Crippen LogP contribution in [-0.4, -0.2) is 50.5 Å². The van der Waals surface area contributed by atoms with Gasteiger partial charge in [0.1, 0.15) is 18.2 Å². The van der Waals surface area contributed by atoms with Gasteiger partial charge in [0.15, 0.2) is 5.96 Å². The zero-order chi connectivity index (χ0) is 16.5. The lowest BCUT2D eigenvalue weighted by Gasteiger charge is -2.12. The molecule has 0 unspecified atom stereocenters. The number of benzene rings is 1. The minimum atomic E-state index is -0.591. The average Bonchev–Trinajstić information content (AvgIpc) is 2.43. The fourth-order valence-corrected chi connectivity index (χ4v) is 1.71. The van der Waals surface area contributed by atoms with Crippen molar-refractivity contribution in [3.63, 3.8) is 0 Å². The number of hydrogen-bond acceptors (Lipinski definition) is 2. The number of likely N-dealkylation sites (N-methyl/N-ethyl adjacent to an activating group) is 1. The molecule has 0 aliphatic carbocycles. The third kappa shape index (κ3) is 6.51. The summed E-state index contributed by atoms with van der Waals surface area (Å²) in [6, 6.07) is 3.43. The van der Waals surface area contributed by atoms with Crippen molar-refractivity contribution in [1.82, 2.24) is 15.5 Å². The molecule has 0 fully saturated rings. The quantitative estimate of drug-likeness (QED) is 0.612. The maximum atomic E-state index is 13.1. The molecule has 1 aromatic carbocycles. The van der Waals surface area contributed by atoms with Crippen LogP contribution in [-0.2, 0) is 11.2 Å². The molecule has 2 N–H and O–H groups in total. The molecule has 0 aromatic heterocycles. The number of guanidine groups is 1. The van der Waals surface area contributed by atoms with Gasteiger partial charge in [0.2, 0.25) is 5.91 Å². The van der Waals surface area contributed by atoms with Crippen molar-refractivity contribution in [2.24, 2.45) is 4.99 Å². The minimum absolute atomic E-state index is 0.0386. The van der Waals surface area contributed by atoms with Crippen LogP contribution in [0.1, 0.15) is 12.5 Å². The van der Waals surface area contributed by atoms with Crippen LogP contribution in [0.5, 0.6) is 0 Å². The smallest absolute Gasteiger partial charge is 0.243 e. The van der Waals surface area contributed by atoms with E-state index in [1.807, 2.05) is 6.92 Å². The van der Waals surface area contributed by atoms with Crippen LogP contribution >= 0.6 is 0 Å². The summed E-state index contributed by atoms with van der Waals surface area (Å²) < 4.78 is 26.2. The Bertz CT molecular complexity index is 512. The Balaban J connectivity index is 2.53. The van der Waals surface area contributed by atoms with Crippen LogP contribution in [0.2, 0.25) is 0 Å². The van der Waals surface area contributed by atoms with Crippen molar-refractivity contribution in [2.45, 2.75) is 13.3 Å². The Hall–Kier alpha value is -2.18. The van der Waals surface area contributed by atoms with E-state index >= 15 is 0 Å². The highest BCUT2D eigenvalue weighted by Crippen LogP contribution is 2.07. The molecule has 5 nitrogen and oxygen atoms in total. The summed E-state index contributed by atoms with van der Waals surface area (Å²) in [6.45, 7) is 3.05. The van der Waals surface area contributed by atoms with Crippen LogP contribution in [0.25, 0.3) is 0 Å². The number of nitrogens with one attached hydrogen (secondary N) is 2. The fourth-order valence-electron chi connectivity index (χ4n) is 1.71. The molecule has 1 amide bonds. The number of rotatable bonds is 6. The van der Waals surface area contributed by atoms with Gasteiger partial charge in [-0.15, -0.1) is 0 Å². The highest BCUT2D eigenvalue weighted by molar-refractivity contribution is 5.84. The van der Waals surface area contributed by atoms with Gasteiger partial charge in [-0.3, -0.25) is 4.79 Å². The monoisotopic (exact) mass is 312 g/mol. The van der Waals surface area contributed by atoms with Crippen LogP contribution in [0.15, 0.2) is 23.2 Å². The first kappa shape index (κ1) is 17.9. The highest BCUT2D eigenvalue weighted by atomic mass is 19.1. The van der Waals surface area contributed by atoms with Gasteiger partial charge in [-0.05, 0) is 31.0 Å². The first-order chi connectivity index (χ1) is 10.4. The lowest BCUT2D eigenvalue weighted by atomic mass is 10.1. The number of amides is 1. The second-order valence-electron chi connectivity index (χ2n) is 4.94. The first-order valence-electron chi connectivity index (χ1n) is 7.09. The summed E-state index contributed by atoms with van der Waals surface area (Å²) in [5.41, 5.74) is 0.560. The molecule has 1 rings (SSSR count). The Morgan fingerprint density at radius 1 is 1.18 bits per heavy atom. The van der Waals surface area contributed by atoms with E-state index in [1.54, 1.807) is 14.1 Å². The molecular formula is C15H22F2N4O. The van der Waals surface area contributed by atoms with E-state index in [1.165, 1.54) is 17.0 Å². The maximum absolute atomic E-state index is 13.1. The summed E-state index contributed by atoms with van der Waals surface area (Å²) in [4.78, 5) is 17.1. The Morgan fingerprint density at radius 3 is 2.36 bits per heavy atom. The molecule has 122 valence electrons. The SMILES string of the molecule is CCNC(=NCC(=O)N(C)C)NCCc1cc(F)cc(F)c1. The first-order valence-corrected chi connectivity index (χ1v) is 7.09. The minimum Gasteiger partial charge on any atom is -0.357 e. The third-order valence-corrected chi connectivity index (χ3v) is 2.84. The van der Waals surface area contributed by atoms with E-state index in [2.05, 4.69) is 15.6 Å². The van der Waals surface area contributed by atoms with Crippen LogP contribution in [0.3, 0.4) is 0 Å². The van der Waals surface area contributed by atoms with E-state index in [0.717, 1.165) is 6.07 Å². The van der Waals surface area contributed by atoms with E-state index in [0.29, 0.717) is 31.0 Å². The van der Waals surface area contributed by atoms with Crippen LogP contribution in [0, 0.1) is 11.6 Å². The van der Waals surface area contributed by atoms with Crippen molar-refractivity contribution in [3.05, 3.63) is 35.4 Å². The van der Waals surface area contributed by atoms with Crippen molar-refractivity contribution in [2.75, 3.05) is 33.7 Å². The lowest BCUT2D eigenvalue weighted by Crippen LogP contribution is -2.39. The molecule has 0 saturated heterocycles. The largest absolute Gasteiger partial charge is 0.357 e. The molecule has 0 aliphatic heterocycles. The topological polar surface area (TPSA) is 56.7 Å². The molecule has 0 atom stereocenters. The standard InChI is InChI=1S/C15H22F2N4O/c1-4-18-15(20-10-14(22)21(2)3)19-6-5-11-7-12(16)9-13(17)8-11/h7-9H,4-6,10H2,1-3H3,(H2,18,19,20). The zero-order valence-corrected chi connectivity index (χ0v) is 13.1. The molecule has 0 aliphatic rings. The predicted molar refractivity (Wildman–Crippen MR) is 82.7 cm³/mol. The van der Waals surface area contributed by atoms with Crippen molar-refractivity contribution < 1.29 is 13.6 Å². The van der Waals surface area contributed by atoms with Crippen LogP contribution < -0.4 is 10.6 Å². The number of carbonyl (C=O) groups excluding carboxylic acids is 1. The summed E-state index contributed by atoms with van der Waals surface area (Å²) in [6.07, 6.45) is 0.445. The molecule has 1 aromatic rings. The number of halogens is 2. The van der Waals surface area contributed by atoms with Crippen LogP contribution in [0.4, 0.5) is 8.78 Å². The summed E-state index contributed by atoms with van der Waals surface area (Å²) in [5, 5.41) is 6.03. The Morgan fingerprint density at radius 2 is 1.82 bits per heavy atom. The molecule has 22 heavy (non-hydrogen) atoms. The highest BCUT2D eigenvalue weighted by Gasteiger charge is 2.05. The molecule has 0 spiro atoms. The zero-order valence-electron chi connectivity index (χ0n) is 13.1. The maximum Gasteiger partial charge on any atom is 0.243 e. The molecule has 0 bridgehead atoms. The second kappa shape index (κ2) is 8.96.